The molecule has 0 amide bonds. The number of fused-ring (bicyclic) bond motifs is 1. The summed E-state index contributed by atoms with van der Waals surface area (Å²) in [5.41, 5.74) is 7.20. The Balaban J connectivity index is 2.33. The monoisotopic (exact) mass is 325 g/mol. The topological polar surface area (TPSA) is 104 Å². The first-order chi connectivity index (χ1) is 10.3. The van der Waals surface area contributed by atoms with Gasteiger partial charge in [-0.3, -0.25) is 4.79 Å². The van der Waals surface area contributed by atoms with Crippen LogP contribution in [0.2, 0.25) is 11.3 Å². The van der Waals surface area contributed by atoms with Crippen LogP contribution in [0.1, 0.15) is 36.5 Å². The van der Waals surface area contributed by atoms with E-state index in [4.69, 9.17) is 27.4 Å². The average molecular weight is 326 g/mol. The first-order valence-electron chi connectivity index (χ1n) is 7.42. The fraction of sp³-hybridized carbons (Fsp3) is 0.533. The van der Waals surface area contributed by atoms with Crippen LogP contribution in [0.15, 0.2) is 12.1 Å². The molecule has 1 aromatic rings. The van der Waals surface area contributed by atoms with Crippen molar-refractivity contribution in [2.75, 3.05) is 0 Å². The van der Waals surface area contributed by atoms with E-state index in [0.29, 0.717) is 30.8 Å². The summed E-state index contributed by atoms with van der Waals surface area (Å²) in [5.74, 6) is -0.972. The van der Waals surface area contributed by atoms with Crippen LogP contribution in [0.25, 0.3) is 0 Å². The summed E-state index contributed by atoms with van der Waals surface area (Å²) < 4.78 is 0. The Bertz CT molecular complexity index is 581. The number of carboxylic acids is 1. The number of carbonyl (C=O) groups is 1. The Hall–Kier alpha value is -1.08. The van der Waals surface area contributed by atoms with E-state index in [1.807, 2.05) is 6.07 Å². The zero-order valence-corrected chi connectivity index (χ0v) is 13.3. The van der Waals surface area contributed by atoms with E-state index >= 15 is 0 Å². The summed E-state index contributed by atoms with van der Waals surface area (Å²) in [6.45, 7) is 2.04. The highest BCUT2D eigenvalue weighted by atomic mass is 35.5. The maximum Gasteiger partial charge on any atom is 0.451 e. The lowest BCUT2D eigenvalue weighted by atomic mass is 9.72. The minimum absolute atomic E-state index is 0.0946. The van der Waals surface area contributed by atoms with Crippen LogP contribution >= 0.6 is 11.6 Å². The van der Waals surface area contributed by atoms with Crippen LogP contribution in [0, 0.1) is 5.92 Å². The number of rotatable bonds is 6. The summed E-state index contributed by atoms with van der Waals surface area (Å²) in [4.78, 5) is 11.9. The smallest absolute Gasteiger partial charge is 0.451 e. The van der Waals surface area contributed by atoms with Crippen molar-refractivity contribution >= 4 is 24.7 Å². The number of benzene rings is 1. The van der Waals surface area contributed by atoms with Crippen molar-refractivity contribution in [3.8, 4) is 0 Å². The van der Waals surface area contributed by atoms with Gasteiger partial charge in [0.05, 0.1) is 5.41 Å². The molecule has 0 heterocycles. The van der Waals surface area contributed by atoms with E-state index in [1.54, 1.807) is 13.0 Å². The number of hydrogen-bond donors (Lipinski definition) is 4. The highest BCUT2D eigenvalue weighted by Gasteiger charge is 2.48. The van der Waals surface area contributed by atoms with Crippen molar-refractivity contribution in [1.82, 2.24) is 0 Å². The molecule has 0 unspecified atom stereocenters. The summed E-state index contributed by atoms with van der Waals surface area (Å²) in [5, 5.41) is 28.2. The van der Waals surface area contributed by atoms with Gasteiger partial charge in [0, 0.05) is 11.6 Å². The molecule has 2 rings (SSSR count). The maximum absolute atomic E-state index is 11.9. The summed E-state index contributed by atoms with van der Waals surface area (Å²) >= 11 is 6.19. The minimum Gasteiger partial charge on any atom is -0.481 e. The zero-order chi connectivity index (χ0) is 16.5. The fourth-order valence-electron chi connectivity index (χ4n) is 3.39. The molecule has 1 aliphatic rings. The van der Waals surface area contributed by atoms with Gasteiger partial charge < -0.3 is 20.9 Å². The van der Waals surface area contributed by atoms with Crippen molar-refractivity contribution in [3.05, 3.63) is 33.8 Å². The highest BCUT2D eigenvalue weighted by molar-refractivity contribution is 6.40. The van der Waals surface area contributed by atoms with Crippen molar-refractivity contribution in [1.29, 1.82) is 0 Å². The number of hydrogen-bond acceptors (Lipinski definition) is 4. The summed E-state index contributed by atoms with van der Waals surface area (Å²) in [6, 6.07) is 3.63. The second kappa shape index (κ2) is 6.58. The molecule has 0 saturated heterocycles. The lowest BCUT2D eigenvalue weighted by Crippen LogP contribution is -2.37. The molecule has 7 heteroatoms. The third-order valence-corrected chi connectivity index (χ3v) is 5.15. The molecule has 5 nitrogen and oxygen atoms in total. The number of carboxylic acid groups (broad SMARTS) is 1. The summed E-state index contributed by atoms with van der Waals surface area (Å²) in [6.07, 6.45) is 2.07. The molecule has 0 radical (unpaired) electrons. The van der Waals surface area contributed by atoms with Crippen LogP contribution in [-0.2, 0) is 23.2 Å². The van der Waals surface area contributed by atoms with Gasteiger partial charge in [-0.25, -0.2) is 0 Å². The Labute approximate surface area is 135 Å². The van der Waals surface area contributed by atoms with Crippen molar-refractivity contribution < 1.29 is 19.9 Å². The van der Waals surface area contributed by atoms with E-state index < -0.39 is 18.5 Å². The third-order valence-electron chi connectivity index (χ3n) is 4.79. The quantitative estimate of drug-likeness (QED) is 0.594. The van der Waals surface area contributed by atoms with E-state index in [0.717, 1.165) is 16.7 Å². The van der Waals surface area contributed by atoms with E-state index in [-0.39, 0.29) is 12.2 Å². The molecule has 120 valence electrons. The van der Waals surface area contributed by atoms with Crippen LogP contribution in [-0.4, -0.2) is 28.2 Å². The van der Waals surface area contributed by atoms with Crippen LogP contribution in [0.4, 0.5) is 0 Å². The van der Waals surface area contributed by atoms with Crippen LogP contribution < -0.4 is 5.73 Å². The Morgan fingerprint density at radius 2 is 2.18 bits per heavy atom. The van der Waals surface area contributed by atoms with Crippen molar-refractivity contribution in [2.45, 2.75) is 44.5 Å². The second-order valence-electron chi connectivity index (χ2n) is 6.12. The lowest BCUT2D eigenvalue weighted by Gasteiger charge is -2.28. The van der Waals surface area contributed by atoms with Gasteiger partial charge in [0.2, 0.25) is 0 Å². The SMILES string of the molecule is C[C@@]1(C(=O)O)c2cc(Cl)c(CN)cc2C[C@@H]1CCCB(O)O. The third kappa shape index (κ3) is 3.01. The fourth-order valence-corrected chi connectivity index (χ4v) is 3.64. The van der Waals surface area contributed by atoms with E-state index in [2.05, 4.69) is 0 Å². The lowest BCUT2D eigenvalue weighted by molar-refractivity contribution is -0.145. The standard InChI is InChI=1S/C15H21BClNO4/c1-15(14(19)20)11(3-2-4-16(21)22)6-9-5-10(8-18)13(17)7-12(9)15/h5,7,11,21-22H,2-4,6,8,18H2,1H3,(H,19,20)/t11-,15-/m0/s1. The molecule has 1 aromatic carbocycles. The molecule has 5 N–H and O–H groups in total. The zero-order valence-electron chi connectivity index (χ0n) is 12.6. The summed E-state index contributed by atoms with van der Waals surface area (Å²) in [7, 11) is -1.35. The van der Waals surface area contributed by atoms with Gasteiger partial charge in [-0.05, 0) is 54.8 Å². The molecule has 0 saturated carbocycles. The van der Waals surface area contributed by atoms with Gasteiger partial charge in [-0.1, -0.05) is 24.1 Å². The van der Waals surface area contributed by atoms with E-state index in [9.17, 15) is 9.90 Å². The molecule has 0 fully saturated rings. The molecule has 0 bridgehead atoms. The van der Waals surface area contributed by atoms with E-state index in [1.165, 1.54) is 0 Å². The van der Waals surface area contributed by atoms with Gasteiger partial charge in [0.25, 0.3) is 0 Å². The van der Waals surface area contributed by atoms with Gasteiger partial charge in [0.15, 0.2) is 0 Å². The predicted molar refractivity (Wildman–Crippen MR) is 85.8 cm³/mol. The molecular weight excluding hydrogens is 304 g/mol. The molecule has 0 spiro atoms. The molecular formula is C15H21BClNO4. The van der Waals surface area contributed by atoms with Gasteiger partial charge in [-0.15, -0.1) is 0 Å². The molecule has 2 atom stereocenters. The molecule has 0 aromatic heterocycles. The number of nitrogens with two attached hydrogens (primary N) is 1. The largest absolute Gasteiger partial charge is 0.481 e. The number of halogens is 1. The van der Waals surface area contributed by atoms with Crippen molar-refractivity contribution in [2.24, 2.45) is 11.7 Å². The Morgan fingerprint density at radius 3 is 2.73 bits per heavy atom. The van der Waals surface area contributed by atoms with Gasteiger partial charge in [0.1, 0.15) is 0 Å². The minimum atomic E-state index is -1.35. The molecule has 22 heavy (non-hydrogen) atoms. The maximum atomic E-state index is 11.9. The second-order valence-corrected chi connectivity index (χ2v) is 6.53. The van der Waals surface area contributed by atoms with Crippen molar-refractivity contribution in [3.63, 3.8) is 0 Å². The van der Waals surface area contributed by atoms with Gasteiger partial charge in [-0.2, -0.15) is 0 Å². The Morgan fingerprint density at radius 1 is 1.50 bits per heavy atom. The average Bonchev–Trinajstić information content (AvgIpc) is 2.72. The number of aliphatic carboxylic acids is 1. The first kappa shape index (κ1) is 17.3. The Kier molecular flexibility index (Phi) is 5.17. The predicted octanol–water partition coefficient (Wildman–Crippen LogP) is 1.57. The van der Waals surface area contributed by atoms with Crippen LogP contribution in [0.5, 0.6) is 0 Å². The first-order valence-corrected chi connectivity index (χ1v) is 7.79. The molecule has 0 aliphatic heterocycles. The highest BCUT2D eigenvalue weighted by Crippen LogP contribution is 2.47. The normalized spacial score (nSPS) is 23.4. The van der Waals surface area contributed by atoms with Gasteiger partial charge >= 0.3 is 13.1 Å². The molecule has 1 aliphatic carbocycles. The van der Waals surface area contributed by atoms with Crippen LogP contribution in [0.3, 0.4) is 0 Å².